The van der Waals surface area contributed by atoms with Crippen molar-refractivity contribution in [2.75, 3.05) is 13.1 Å². The quantitative estimate of drug-likeness (QED) is 0.654. The van der Waals surface area contributed by atoms with Crippen molar-refractivity contribution in [2.45, 2.75) is 46.1 Å². The number of hydrogen-bond acceptors (Lipinski definition) is 2. The predicted molar refractivity (Wildman–Crippen MR) is 62.4 cm³/mol. The molecule has 0 fully saturated rings. The second kappa shape index (κ2) is 7.96. The van der Waals surface area contributed by atoms with Gasteiger partial charge < -0.3 is 15.3 Å². The van der Waals surface area contributed by atoms with E-state index in [9.17, 15) is 9.59 Å². The molecule has 0 aliphatic carbocycles. The first kappa shape index (κ1) is 14.7. The number of carbonyl (C=O) groups is 2. The van der Waals surface area contributed by atoms with Crippen LogP contribution >= 0.6 is 0 Å². The first-order valence-corrected chi connectivity index (χ1v) is 5.75. The maximum Gasteiger partial charge on any atom is 0.323 e. The zero-order valence-electron chi connectivity index (χ0n) is 10.3. The number of carbonyl (C=O) groups excluding carboxylic acids is 1. The molecule has 0 saturated heterocycles. The Labute approximate surface area is 96.8 Å². The van der Waals surface area contributed by atoms with Gasteiger partial charge in [-0.15, -0.1) is 0 Å². The van der Waals surface area contributed by atoms with Crippen LogP contribution in [0.4, 0.5) is 4.79 Å². The number of rotatable bonds is 7. The van der Waals surface area contributed by atoms with Gasteiger partial charge in [-0.25, -0.2) is 4.79 Å². The van der Waals surface area contributed by atoms with E-state index in [0.717, 1.165) is 19.3 Å². The van der Waals surface area contributed by atoms with Crippen LogP contribution in [0.1, 0.15) is 40.0 Å². The molecule has 0 saturated carbocycles. The number of carboxylic acids is 1. The van der Waals surface area contributed by atoms with Crippen LogP contribution in [0.3, 0.4) is 0 Å². The van der Waals surface area contributed by atoms with Gasteiger partial charge in [0.1, 0.15) is 6.54 Å². The monoisotopic (exact) mass is 230 g/mol. The fourth-order valence-electron chi connectivity index (χ4n) is 1.38. The van der Waals surface area contributed by atoms with E-state index in [2.05, 4.69) is 12.2 Å². The van der Waals surface area contributed by atoms with E-state index >= 15 is 0 Å². The summed E-state index contributed by atoms with van der Waals surface area (Å²) < 4.78 is 0. The fourth-order valence-corrected chi connectivity index (χ4v) is 1.38. The van der Waals surface area contributed by atoms with Gasteiger partial charge in [-0.1, -0.05) is 19.8 Å². The maximum absolute atomic E-state index is 11.6. The largest absolute Gasteiger partial charge is 0.480 e. The Morgan fingerprint density at radius 2 is 1.94 bits per heavy atom. The van der Waals surface area contributed by atoms with E-state index in [-0.39, 0.29) is 18.6 Å². The summed E-state index contributed by atoms with van der Waals surface area (Å²) in [5.74, 6) is -1.02. The molecule has 5 nitrogen and oxygen atoms in total. The highest BCUT2D eigenvalue weighted by atomic mass is 16.4. The van der Waals surface area contributed by atoms with Crippen molar-refractivity contribution in [1.82, 2.24) is 10.2 Å². The average molecular weight is 230 g/mol. The molecule has 0 unspecified atom stereocenters. The summed E-state index contributed by atoms with van der Waals surface area (Å²) in [5, 5.41) is 10.8. The van der Waals surface area contributed by atoms with Crippen molar-refractivity contribution in [2.24, 2.45) is 0 Å². The van der Waals surface area contributed by atoms with Crippen molar-refractivity contribution in [3.8, 4) is 0 Å². The number of nitrogens with zero attached hydrogens (tertiary/aromatic N) is 1. The number of hydrogen-bond donors (Lipinski definition) is 2. The molecule has 0 bridgehead atoms. The lowest BCUT2D eigenvalue weighted by Crippen LogP contribution is -2.45. The summed E-state index contributed by atoms with van der Waals surface area (Å²) in [6.07, 6.45) is 3.13. The number of carboxylic acid groups (broad SMARTS) is 1. The molecule has 0 aromatic rings. The second-order valence-corrected chi connectivity index (χ2v) is 4.05. The lowest BCUT2D eigenvalue weighted by atomic mass is 10.2. The van der Waals surface area contributed by atoms with Crippen LogP contribution in [-0.2, 0) is 4.79 Å². The molecule has 0 atom stereocenters. The van der Waals surface area contributed by atoms with Crippen LogP contribution in [-0.4, -0.2) is 41.1 Å². The topological polar surface area (TPSA) is 69.6 Å². The Balaban J connectivity index is 4.08. The van der Waals surface area contributed by atoms with Gasteiger partial charge in [0.2, 0.25) is 0 Å². The van der Waals surface area contributed by atoms with Crippen LogP contribution in [0, 0.1) is 0 Å². The van der Waals surface area contributed by atoms with E-state index in [1.54, 1.807) is 4.90 Å². The first-order valence-electron chi connectivity index (χ1n) is 5.75. The Morgan fingerprint density at radius 3 is 2.38 bits per heavy atom. The van der Waals surface area contributed by atoms with Gasteiger partial charge >= 0.3 is 12.0 Å². The number of nitrogens with one attached hydrogen (secondary N) is 1. The van der Waals surface area contributed by atoms with Crippen molar-refractivity contribution < 1.29 is 14.7 Å². The van der Waals surface area contributed by atoms with Crippen LogP contribution in [0.2, 0.25) is 0 Å². The van der Waals surface area contributed by atoms with E-state index in [0.29, 0.717) is 6.54 Å². The van der Waals surface area contributed by atoms with Crippen molar-refractivity contribution in [3.63, 3.8) is 0 Å². The Bertz CT molecular complexity index is 229. The number of aliphatic carboxylic acids is 1. The Morgan fingerprint density at radius 1 is 1.31 bits per heavy atom. The molecule has 0 radical (unpaired) electrons. The third kappa shape index (κ3) is 6.27. The molecule has 0 aromatic heterocycles. The zero-order valence-corrected chi connectivity index (χ0v) is 10.3. The maximum atomic E-state index is 11.6. The standard InChI is InChI=1S/C11H22N2O3/c1-4-5-6-7-13(9(2)3)11(16)12-8-10(14)15/h9H,4-8H2,1-3H3,(H,12,16)(H,14,15). The van der Waals surface area contributed by atoms with Gasteiger partial charge in [-0.05, 0) is 20.3 Å². The van der Waals surface area contributed by atoms with E-state index in [1.165, 1.54) is 0 Å². The first-order chi connectivity index (χ1) is 7.49. The SMILES string of the molecule is CCCCCN(C(=O)NCC(=O)O)C(C)C. The summed E-state index contributed by atoms with van der Waals surface area (Å²) >= 11 is 0. The normalized spacial score (nSPS) is 10.2. The van der Waals surface area contributed by atoms with Crippen LogP contribution in [0.15, 0.2) is 0 Å². The molecule has 16 heavy (non-hydrogen) atoms. The van der Waals surface area contributed by atoms with Gasteiger partial charge in [0.15, 0.2) is 0 Å². The highest BCUT2D eigenvalue weighted by Gasteiger charge is 2.16. The van der Waals surface area contributed by atoms with Gasteiger partial charge in [-0.2, -0.15) is 0 Å². The van der Waals surface area contributed by atoms with E-state index in [4.69, 9.17) is 5.11 Å². The molecule has 2 N–H and O–H groups in total. The lowest BCUT2D eigenvalue weighted by Gasteiger charge is -2.26. The molecular formula is C11H22N2O3. The minimum atomic E-state index is -1.02. The Hall–Kier alpha value is -1.26. The van der Waals surface area contributed by atoms with Gasteiger partial charge in [0.25, 0.3) is 0 Å². The van der Waals surface area contributed by atoms with Gasteiger partial charge in [0, 0.05) is 12.6 Å². The zero-order chi connectivity index (χ0) is 12.6. The smallest absolute Gasteiger partial charge is 0.323 e. The minimum absolute atomic E-state index is 0.0886. The van der Waals surface area contributed by atoms with Crippen molar-refractivity contribution in [1.29, 1.82) is 0 Å². The van der Waals surface area contributed by atoms with Gasteiger partial charge in [0.05, 0.1) is 0 Å². The van der Waals surface area contributed by atoms with Crippen LogP contribution in [0.25, 0.3) is 0 Å². The van der Waals surface area contributed by atoms with Gasteiger partial charge in [-0.3, -0.25) is 4.79 Å². The molecule has 0 spiro atoms. The molecule has 5 heteroatoms. The molecule has 94 valence electrons. The second-order valence-electron chi connectivity index (χ2n) is 4.05. The molecule has 0 heterocycles. The van der Waals surface area contributed by atoms with E-state index < -0.39 is 5.97 Å². The molecule has 0 rings (SSSR count). The number of unbranched alkanes of at least 4 members (excludes halogenated alkanes) is 2. The molecule has 0 aliphatic heterocycles. The lowest BCUT2D eigenvalue weighted by molar-refractivity contribution is -0.135. The average Bonchev–Trinajstić information content (AvgIpc) is 2.20. The molecule has 0 aromatic carbocycles. The Kier molecular flexibility index (Phi) is 7.33. The van der Waals surface area contributed by atoms with E-state index in [1.807, 2.05) is 13.8 Å². The summed E-state index contributed by atoms with van der Waals surface area (Å²) in [6, 6.07) is -0.209. The molecule has 0 aliphatic rings. The molecule has 2 amide bonds. The van der Waals surface area contributed by atoms with Crippen LogP contribution < -0.4 is 5.32 Å². The summed E-state index contributed by atoms with van der Waals surface area (Å²) in [5.41, 5.74) is 0. The summed E-state index contributed by atoms with van der Waals surface area (Å²) in [6.45, 7) is 6.30. The number of amides is 2. The predicted octanol–water partition coefficient (Wildman–Crippen LogP) is 1.68. The highest BCUT2D eigenvalue weighted by Crippen LogP contribution is 2.03. The third-order valence-electron chi connectivity index (χ3n) is 2.28. The van der Waals surface area contributed by atoms with Crippen molar-refractivity contribution >= 4 is 12.0 Å². The fraction of sp³-hybridized carbons (Fsp3) is 0.818. The summed E-state index contributed by atoms with van der Waals surface area (Å²) in [4.78, 5) is 23.6. The van der Waals surface area contributed by atoms with Crippen LogP contribution in [0.5, 0.6) is 0 Å². The van der Waals surface area contributed by atoms with Crippen molar-refractivity contribution in [3.05, 3.63) is 0 Å². The number of urea groups is 1. The molecular weight excluding hydrogens is 208 g/mol. The minimum Gasteiger partial charge on any atom is -0.480 e. The summed E-state index contributed by atoms with van der Waals surface area (Å²) in [7, 11) is 0. The highest BCUT2D eigenvalue weighted by molar-refractivity contribution is 5.80. The third-order valence-corrected chi connectivity index (χ3v) is 2.28.